The molecule has 1 N–H and O–H groups in total. The van der Waals surface area contributed by atoms with Gasteiger partial charge in [0.25, 0.3) is 11.6 Å². The molecule has 120 valence electrons. The Balaban J connectivity index is 1.87. The van der Waals surface area contributed by atoms with Crippen molar-refractivity contribution in [2.75, 3.05) is 12.4 Å². The van der Waals surface area contributed by atoms with Crippen LogP contribution in [0.25, 0.3) is 0 Å². The van der Waals surface area contributed by atoms with E-state index >= 15 is 0 Å². The third kappa shape index (κ3) is 2.98. The first-order valence-corrected chi connectivity index (χ1v) is 6.94. The Hall–Kier alpha value is -3.55. The van der Waals surface area contributed by atoms with Crippen LogP contribution in [0.3, 0.4) is 0 Å². The molecule has 0 fully saturated rings. The van der Waals surface area contributed by atoms with Crippen LogP contribution in [0.2, 0.25) is 0 Å². The summed E-state index contributed by atoms with van der Waals surface area (Å²) in [6, 6.07) is 11.2. The first-order chi connectivity index (χ1) is 11.6. The number of hydrogen-bond donors (Lipinski definition) is 1. The van der Waals surface area contributed by atoms with E-state index in [1.54, 1.807) is 31.4 Å². The van der Waals surface area contributed by atoms with E-state index in [0.29, 0.717) is 11.3 Å². The van der Waals surface area contributed by atoms with Crippen molar-refractivity contribution < 1.29 is 14.5 Å². The average molecular weight is 324 g/mol. The molecule has 8 nitrogen and oxygen atoms in total. The number of fused-ring (bicyclic) bond motifs is 1. The van der Waals surface area contributed by atoms with E-state index in [2.05, 4.69) is 15.5 Å². The van der Waals surface area contributed by atoms with Gasteiger partial charge in [0, 0.05) is 17.7 Å². The molecule has 0 saturated carbocycles. The third-order valence-electron chi connectivity index (χ3n) is 3.41. The van der Waals surface area contributed by atoms with Crippen LogP contribution in [0.1, 0.15) is 11.1 Å². The minimum Gasteiger partial charge on any atom is -0.497 e. The van der Waals surface area contributed by atoms with Gasteiger partial charge in [0.05, 0.1) is 23.9 Å². The zero-order chi connectivity index (χ0) is 17.1. The van der Waals surface area contributed by atoms with Gasteiger partial charge in [0.2, 0.25) is 0 Å². The number of nitro groups is 1. The number of methoxy groups -OCH3 is 1. The fourth-order valence-electron chi connectivity index (χ4n) is 2.20. The highest BCUT2D eigenvalue weighted by Gasteiger charge is 2.28. The first kappa shape index (κ1) is 15.3. The first-order valence-electron chi connectivity index (χ1n) is 6.94. The van der Waals surface area contributed by atoms with Crippen molar-refractivity contribution in [1.29, 1.82) is 0 Å². The van der Waals surface area contributed by atoms with Gasteiger partial charge in [-0.25, -0.2) is 0 Å². The number of rotatable bonds is 4. The van der Waals surface area contributed by atoms with Crippen molar-refractivity contribution in [3.63, 3.8) is 0 Å². The summed E-state index contributed by atoms with van der Waals surface area (Å²) in [7, 11) is 1.57. The molecule has 1 heterocycles. The standard InChI is InChI=1S/C16H12N4O4/c1-24-12-5-2-10(3-6-12)9-17-19-15-13-8-11(20(22)23)4-7-14(13)18-16(15)21/h2-9H,1H3,(H,18,19,21)/b17-9-. The Labute approximate surface area is 136 Å². The average Bonchev–Trinajstić information content (AvgIpc) is 2.90. The molecule has 2 aromatic carbocycles. The van der Waals surface area contributed by atoms with E-state index in [1.807, 2.05) is 0 Å². The summed E-state index contributed by atoms with van der Waals surface area (Å²) in [6.07, 6.45) is 1.48. The highest BCUT2D eigenvalue weighted by atomic mass is 16.6. The van der Waals surface area contributed by atoms with Crippen molar-refractivity contribution >= 4 is 29.2 Å². The Morgan fingerprint density at radius 2 is 1.96 bits per heavy atom. The molecule has 1 aliphatic heterocycles. The molecule has 0 spiro atoms. The molecule has 1 amide bonds. The summed E-state index contributed by atoms with van der Waals surface area (Å²) < 4.78 is 5.06. The van der Waals surface area contributed by atoms with Crippen LogP contribution >= 0.6 is 0 Å². The maximum absolute atomic E-state index is 11.9. The number of nitro benzene ring substituents is 1. The fourth-order valence-corrected chi connectivity index (χ4v) is 2.20. The zero-order valence-corrected chi connectivity index (χ0v) is 12.6. The predicted octanol–water partition coefficient (Wildman–Crippen LogP) is 2.38. The molecule has 0 radical (unpaired) electrons. The van der Waals surface area contributed by atoms with Gasteiger partial charge in [-0.1, -0.05) is 0 Å². The summed E-state index contributed by atoms with van der Waals surface area (Å²) in [6.45, 7) is 0. The number of ether oxygens (including phenoxy) is 1. The third-order valence-corrected chi connectivity index (χ3v) is 3.41. The summed E-state index contributed by atoms with van der Waals surface area (Å²) in [5.74, 6) is 0.271. The van der Waals surface area contributed by atoms with Gasteiger partial charge in [-0.05, 0) is 35.9 Å². The molecule has 0 saturated heterocycles. The lowest BCUT2D eigenvalue weighted by atomic mass is 10.1. The van der Waals surface area contributed by atoms with Crippen LogP contribution in [0.5, 0.6) is 5.75 Å². The van der Waals surface area contributed by atoms with E-state index in [9.17, 15) is 14.9 Å². The number of nitrogens with zero attached hydrogens (tertiary/aromatic N) is 3. The van der Waals surface area contributed by atoms with Crippen LogP contribution in [0, 0.1) is 10.1 Å². The maximum Gasteiger partial charge on any atom is 0.276 e. The molecule has 0 unspecified atom stereocenters. The molecule has 1 aliphatic rings. The number of amides is 1. The van der Waals surface area contributed by atoms with E-state index < -0.39 is 10.8 Å². The van der Waals surface area contributed by atoms with Crippen LogP contribution in [0.4, 0.5) is 11.4 Å². The van der Waals surface area contributed by atoms with E-state index in [1.165, 1.54) is 24.4 Å². The molecular formula is C16H12N4O4. The Bertz CT molecular complexity index is 872. The minimum atomic E-state index is -0.526. The molecule has 0 aliphatic carbocycles. The molecular weight excluding hydrogens is 312 g/mol. The second-order valence-electron chi connectivity index (χ2n) is 4.91. The summed E-state index contributed by atoms with van der Waals surface area (Å²) in [5.41, 5.74) is 1.54. The highest BCUT2D eigenvalue weighted by Crippen LogP contribution is 2.27. The second kappa shape index (κ2) is 6.29. The van der Waals surface area contributed by atoms with Crippen molar-refractivity contribution in [3.05, 3.63) is 63.7 Å². The number of anilines is 1. The van der Waals surface area contributed by atoms with Crippen molar-refractivity contribution in [2.24, 2.45) is 10.2 Å². The van der Waals surface area contributed by atoms with Crippen molar-refractivity contribution in [1.82, 2.24) is 0 Å². The lowest BCUT2D eigenvalue weighted by molar-refractivity contribution is -0.384. The monoisotopic (exact) mass is 324 g/mol. The molecule has 2 aromatic rings. The second-order valence-corrected chi connectivity index (χ2v) is 4.91. The summed E-state index contributed by atoms with van der Waals surface area (Å²) in [5, 5.41) is 21.3. The molecule has 8 heteroatoms. The zero-order valence-electron chi connectivity index (χ0n) is 12.6. The molecule has 0 bridgehead atoms. The summed E-state index contributed by atoms with van der Waals surface area (Å²) in [4.78, 5) is 22.3. The molecule has 24 heavy (non-hydrogen) atoms. The fraction of sp³-hybridized carbons (Fsp3) is 0.0625. The lowest BCUT2D eigenvalue weighted by Crippen LogP contribution is -2.13. The van der Waals surface area contributed by atoms with E-state index in [4.69, 9.17) is 4.74 Å². The Morgan fingerprint density at radius 3 is 2.62 bits per heavy atom. The van der Waals surface area contributed by atoms with Crippen LogP contribution < -0.4 is 10.1 Å². The van der Waals surface area contributed by atoms with Crippen LogP contribution in [-0.2, 0) is 4.79 Å². The maximum atomic E-state index is 11.9. The molecule has 0 aromatic heterocycles. The van der Waals surface area contributed by atoms with Crippen LogP contribution in [0.15, 0.2) is 52.7 Å². The minimum absolute atomic E-state index is 0.0402. The van der Waals surface area contributed by atoms with E-state index in [-0.39, 0.29) is 11.4 Å². The number of nitrogens with one attached hydrogen (secondary N) is 1. The Morgan fingerprint density at radius 1 is 1.21 bits per heavy atom. The van der Waals surface area contributed by atoms with Crippen LogP contribution in [-0.4, -0.2) is 29.9 Å². The van der Waals surface area contributed by atoms with Crippen molar-refractivity contribution in [3.8, 4) is 5.75 Å². The topological polar surface area (TPSA) is 106 Å². The number of carbonyl (C=O) groups excluding carboxylic acids is 1. The number of non-ortho nitro benzene ring substituents is 1. The number of hydrogen-bond acceptors (Lipinski definition) is 6. The molecule has 0 atom stereocenters. The SMILES string of the molecule is COc1ccc(/C=N\N=C2/C(=O)Nc3ccc([N+](=O)[O-])cc32)cc1. The number of benzene rings is 2. The largest absolute Gasteiger partial charge is 0.497 e. The smallest absolute Gasteiger partial charge is 0.276 e. The highest BCUT2D eigenvalue weighted by molar-refractivity contribution is 6.53. The van der Waals surface area contributed by atoms with Gasteiger partial charge in [-0.3, -0.25) is 14.9 Å². The normalized spacial score (nSPS) is 14.7. The van der Waals surface area contributed by atoms with E-state index in [0.717, 1.165) is 11.3 Å². The van der Waals surface area contributed by atoms with Gasteiger partial charge in [0.1, 0.15) is 5.75 Å². The van der Waals surface area contributed by atoms with Crippen molar-refractivity contribution in [2.45, 2.75) is 0 Å². The molecule has 3 rings (SSSR count). The number of carbonyl (C=O) groups is 1. The summed E-state index contributed by atoms with van der Waals surface area (Å²) >= 11 is 0. The van der Waals surface area contributed by atoms with Gasteiger partial charge in [-0.15, -0.1) is 5.10 Å². The Kier molecular flexibility index (Phi) is 4.02. The van der Waals surface area contributed by atoms with Gasteiger partial charge in [0.15, 0.2) is 5.71 Å². The van der Waals surface area contributed by atoms with Gasteiger partial charge >= 0.3 is 0 Å². The quantitative estimate of drug-likeness (QED) is 0.529. The van der Waals surface area contributed by atoms with Gasteiger partial charge < -0.3 is 10.1 Å². The lowest BCUT2D eigenvalue weighted by Gasteiger charge is -1.98. The van der Waals surface area contributed by atoms with Gasteiger partial charge in [-0.2, -0.15) is 5.10 Å². The predicted molar refractivity (Wildman–Crippen MR) is 88.9 cm³/mol.